The molecule has 1 saturated heterocycles. The number of likely N-dealkylation sites (tertiary alicyclic amines) is 1. The molecule has 7 heteroatoms. The van der Waals surface area contributed by atoms with Crippen molar-refractivity contribution in [1.29, 1.82) is 0 Å². The van der Waals surface area contributed by atoms with Crippen LogP contribution in [-0.4, -0.2) is 73.2 Å². The van der Waals surface area contributed by atoms with Gasteiger partial charge in [-0.3, -0.25) is 4.79 Å². The standard InChI is InChI=1S/C24H36N4O3/c1-5-21-18(3)25-24(31-16-8-12-27-14-11-20(17-27)30-4)26-23(21)28-13-7-9-19(10-15-28)22(29)6-2/h6,9,20H,2,5,7-8,10-17H2,1,3-4H3. The number of hydrogen-bond donors (Lipinski definition) is 0. The highest BCUT2D eigenvalue weighted by atomic mass is 16.5. The molecule has 0 amide bonds. The van der Waals surface area contributed by atoms with E-state index < -0.39 is 0 Å². The number of nitrogens with zero attached hydrogens (tertiary/aromatic N) is 4. The van der Waals surface area contributed by atoms with E-state index in [0.29, 0.717) is 25.1 Å². The number of carbonyl (C=O) groups is 1. The average Bonchev–Trinajstić information content (AvgIpc) is 3.10. The minimum absolute atomic E-state index is 0.0234. The van der Waals surface area contributed by atoms with Gasteiger partial charge in [0.1, 0.15) is 5.82 Å². The van der Waals surface area contributed by atoms with Gasteiger partial charge < -0.3 is 19.3 Å². The van der Waals surface area contributed by atoms with Crippen LogP contribution in [0.5, 0.6) is 6.01 Å². The molecular formula is C24H36N4O3. The van der Waals surface area contributed by atoms with Crippen LogP contribution in [0.15, 0.2) is 24.3 Å². The van der Waals surface area contributed by atoms with Gasteiger partial charge in [-0.05, 0) is 50.7 Å². The molecule has 1 unspecified atom stereocenters. The summed E-state index contributed by atoms with van der Waals surface area (Å²) in [4.78, 5) is 26.1. The second kappa shape index (κ2) is 11.4. The quantitative estimate of drug-likeness (QED) is 0.419. The van der Waals surface area contributed by atoms with Gasteiger partial charge in [-0.2, -0.15) is 4.98 Å². The molecule has 1 fully saturated rings. The zero-order valence-electron chi connectivity index (χ0n) is 19.2. The molecule has 2 aliphatic rings. The van der Waals surface area contributed by atoms with Crippen LogP contribution >= 0.6 is 0 Å². The van der Waals surface area contributed by atoms with E-state index in [4.69, 9.17) is 14.5 Å². The molecule has 2 aliphatic heterocycles. The zero-order chi connectivity index (χ0) is 22.2. The van der Waals surface area contributed by atoms with Gasteiger partial charge in [-0.15, -0.1) is 0 Å². The van der Waals surface area contributed by atoms with Crippen LogP contribution < -0.4 is 9.64 Å². The zero-order valence-corrected chi connectivity index (χ0v) is 19.2. The third-order valence-electron chi connectivity index (χ3n) is 6.18. The number of hydrogen-bond acceptors (Lipinski definition) is 7. The van der Waals surface area contributed by atoms with Crippen LogP contribution in [-0.2, 0) is 16.0 Å². The van der Waals surface area contributed by atoms with Crippen molar-refractivity contribution in [3.05, 3.63) is 35.6 Å². The highest BCUT2D eigenvalue weighted by molar-refractivity contribution is 6.03. The molecule has 0 aromatic carbocycles. The topological polar surface area (TPSA) is 67.8 Å². The van der Waals surface area contributed by atoms with Gasteiger partial charge in [0.15, 0.2) is 5.78 Å². The Hall–Kier alpha value is -2.25. The summed E-state index contributed by atoms with van der Waals surface area (Å²) in [6.45, 7) is 13.0. The van der Waals surface area contributed by atoms with Crippen LogP contribution in [0.4, 0.5) is 5.82 Å². The lowest BCUT2D eigenvalue weighted by atomic mass is 10.1. The molecule has 0 radical (unpaired) electrons. The Morgan fingerprint density at radius 1 is 1.32 bits per heavy atom. The van der Waals surface area contributed by atoms with Gasteiger partial charge in [0.2, 0.25) is 0 Å². The van der Waals surface area contributed by atoms with Crippen LogP contribution in [0.25, 0.3) is 0 Å². The predicted molar refractivity (Wildman–Crippen MR) is 123 cm³/mol. The molecule has 0 N–H and O–H groups in total. The summed E-state index contributed by atoms with van der Waals surface area (Å²) in [6, 6.07) is 0.445. The lowest BCUT2D eigenvalue weighted by Crippen LogP contribution is -2.28. The van der Waals surface area contributed by atoms with Crippen molar-refractivity contribution in [2.75, 3.05) is 51.3 Å². The molecule has 0 bridgehead atoms. The monoisotopic (exact) mass is 428 g/mol. The number of anilines is 1. The molecule has 1 atom stereocenters. The number of methoxy groups -OCH3 is 1. The average molecular weight is 429 g/mol. The maximum Gasteiger partial charge on any atom is 0.318 e. The Bertz CT molecular complexity index is 808. The van der Waals surface area contributed by atoms with Gasteiger partial charge in [-0.25, -0.2) is 4.98 Å². The molecule has 7 nitrogen and oxygen atoms in total. The number of aromatic nitrogens is 2. The minimum atomic E-state index is 0.0234. The van der Waals surface area contributed by atoms with E-state index >= 15 is 0 Å². The number of allylic oxidation sites excluding steroid dienone is 1. The Kier molecular flexibility index (Phi) is 8.60. The van der Waals surface area contributed by atoms with Gasteiger partial charge in [0.05, 0.1) is 12.7 Å². The predicted octanol–water partition coefficient (Wildman–Crippen LogP) is 3.12. The Morgan fingerprint density at radius 2 is 2.16 bits per heavy atom. The molecule has 31 heavy (non-hydrogen) atoms. The second-order valence-electron chi connectivity index (χ2n) is 8.22. The fraction of sp³-hybridized carbons (Fsp3) is 0.625. The fourth-order valence-electron chi connectivity index (χ4n) is 4.37. The van der Waals surface area contributed by atoms with Crippen molar-refractivity contribution < 1.29 is 14.3 Å². The van der Waals surface area contributed by atoms with Crippen molar-refractivity contribution >= 4 is 11.6 Å². The van der Waals surface area contributed by atoms with Crippen molar-refractivity contribution in [1.82, 2.24) is 14.9 Å². The first-order valence-corrected chi connectivity index (χ1v) is 11.4. The maximum atomic E-state index is 12.0. The maximum absolute atomic E-state index is 12.0. The van der Waals surface area contributed by atoms with Crippen molar-refractivity contribution in [2.45, 2.75) is 52.1 Å². The Balaban J connectivity index is 1.60. The van der Waals surface area contributed by atoms with E-state index in [2.05, 4.69) is 28.3 Å². The smallest absolute Gasteiger partial charge is 0.318 e. The number of ether oxygens (including phenoxy) is 2. The van der Waals surface area contributed by atoms with Crippen LogP contribution in [0.1, 0.15) is 43.9 Å². The molecule has 1 aromatic rings. The summed E-state index contributed by atoms with van der Waals surface area (Å²) in [6.07, 6.45) is 8.21. The van der Waals surface area contributed by atoms with Crippen molar-refractivity contribution in [3.63, 3.8) is 0 Å². The van der Waals surface area contributed by atoms with E-state index in [-0.39, 0.29) is 5.78 Å². The van der Waals surface area contributed by atoms with Gasteiger partial charge in [-0.1, -0.05) is 19.6 Å². The summed E-state index contributed by atoms with van der Waals surface area (Å²) in [5.74, 6) is 0.962. The molecule has 0 saturated carbocycles. The van der Waals surface area contributed by atoms with E-state index in [9.17, 15) is 4.79 Å². The van der Waals surface area contributed by atoms with Gasteiger partial charge in [0, 0.05) is 51.1 Å². The molecule has 3 rings (SSSR count). The molecule has 0 aliphatic carbocycles. The highest BCUT2D eigenvalue weighted by Crippen LogP contribution is 2.26. The van der Waals surface area contributed by atoms with Crippen molar-refractivity contribution in [2.24, 2.45) is 0 Å². The van der Waals surface area contributed by atoms with Gasteiger partial charge >= 0.3 is 6.01 Å². The number of aryl methyl sites for hydroxylation is 1. The van der Waals surface area contributed by atoms with Gasteiger partial charge in [0.25, 0.3) is 0 Å². The second-order valence-corrected chi connectivity index (χ2v) is 8.22. The molecular weight excluding hydrogens is 392 g/mol. The molecule has 1 aromatic heterocycles. The summed E-state index contributed by atoms with van der Waals surface area (Å²) >= 11 is 0. The number of rotatable bonds is 10. The van der Waals surface area contributed by atoms with E-state index in [1.807, 2.05) is 13.0 Å². The third kappa shape index (κ3) is 6.14. The molecule has 170 valence electrons. The largest absolute Gasteiger partial charge is 0.463 e. The lowest BCUT2D eigenvalue weighted by Gasteiger charge is -2.25. The van der Waals surface area contributed by atoms with E-state index in [1.165, 1.54) is 6.08 Å². The first-order valence-electron chi connectivity index (χ1n) is 11.4. The van der Waals surface area contributed by atoms with E-state index in [0.717, 1.165) is 81.1 Å². The third-order valence-corrected chi connectivity index (χ3v) is 6.18. The first kappa shape index (κ1) is 23.4. The Labute approximate surface area is 186 Å². The van der Waals surface area contributed by atoms with Crippen molar-refractivity contribution in [3.8, 4) is 6.01 Å². The normalized spacial score (nSPS) is 19.8. The molecule has 3 heterocycles. The number of ketones is 1. The number of carbonyl (C=O) groups excluding carboxylic acids is 1. The summed E-state index contributed by atoms with van der Waals surface area (Å²) in [5, 5.41) is 0. The summed E-state index contributed by atoms with van der Waals surface area (Å²) in [5.41, 5.74) is 2.95. The highest BCUT2D eigenvalue weighted by Gasteiger charge is 2.22. The first-order chi connectivity index (χ1) is 15.0. The Morgan fingerprint density at radius 3 is 2.87 bits per heavy atom. The minimum Gasteiger partial charge on any atom is -0.463 e. The van der Waals surface area contributed by atoms with Crippen LogP contribution in [0.3, 0.4) is 0 Å². The van der Waals surface area contributed by atoms with E-state index in [1.54, 1.807) is 7.11 Å². The lowest BCUT2D eigenvalue weighted by molar-refractivity contribution is -0.111. The van der Waals surface area contributed by atoms with Crippen LogP contribution in [0.2, 0.25) is 0 Å². The van der Waals surface area contributed by atoms with Crippen LogP contribution in [0, 0.1) is 6.92 Å². The fourth-order valence-corrected chi connectivity index (χ4v) is 4.37. The summed E-state index contributed by atoms with van der Waals surface area (Å²) in [7, 11) is 1.78. The molecule has 0 spiro atoms. The SMILES string of the molecule is C=CC(=O)C1=CCCN(c2nc(OCCCN3CCC(OC)C3)nc(C)c2CC)CC1. The summed E-state index contributed by atoms with van der Waals surface area (Å²) < 4.78 is 11.4.